The lowest BCUT2D eigenvalue weighted by Crippen LogP contribution is -2.51. The molecule has 2 N–H and O–H groups in total. The van der Waals surface area contributed by atoms with E-state index in [0.29, 0.717) is 6.04 Å². The summed E-state index contributed by atoms with van der Waals surface area (Å²) in [5, 5.41) is 0. The van der Waals surface area contributed by atoms with Crippen molar-refractivity contribution in [3.63, 3.8) is 0 Å². The number of nitrogens with two attached hydrogens (primary N) is 1. The number of nitrogens with zero attached hydrogens (tertiary/aromatic N) is 2. The molecule has 0 amide bonds. The summed E-state index contributed by atoms with van der Waals surface area (Å²) >= 11 is 0. The number of ether oxygens (including phenoxy) is 1. The first kappa shape index (κ1) is 15.3. The number of likely N-dealkylation sites (N-methyl/N-ethyl adjacent to an activating group) is 2. The number of para-hydroxylation sites is 1. The van der Waals surface area contributed by atoms with Crippen LogP contribution in [0.25, 0.3) is 0 Å². The molecular formula is C16H27N3O. The molecule has 20 heavy (non-hydrogen) atoms. The summed E-state index contributed by atoms with van der Waals surface area (Å²) in [7, 11) is 6.09. The quantitative estimate of drug-likeness (QED) is 0.898. The Hall–Kier alpha value is -1.10. The molecule has 0 saturated carbocycles. The maximum atomic E-state index is 6.50. The lowest BCUT2D eigenvalue weighted by atomic mass is 9.98. The maximum absolute atomic E-state index is 6.50. The van der Waals surface area contributed by atoms with Crippen molar-refractivity contribution in [2.75, 3.05) is 40.8 Å². The third kappa shape index (κ3) is 3.72. The first-order chi connectivity index (χ1) is 9.61. The fraction of sp³-hybridized carbons (Fsp3) is 0.625. The normalized spacial score (nSPS) is 23.3. The Kier molecular flexibility index (Phi) is 5.40. The fourth-order valence-electron chi connectivity index (χ4n) is 3.03. The molecule has 0 bridgehead atoms. The fourth-order valence-corrected chi connectivity index (χ4v) is 3.03. The zero-order chi connectivity index (χ0) is 14.5. The van der Waals surface area contributed by atoms with Crippen LogP contribution in [0.15, 0.2) is 24.3 Å². The first-order valence-electron chi connectivity index (χ1n) is 7.38. The highest BCUT2D eigenvalue weighted by molar-refractivity contribution is 5.34. The minimum absolute atomic E-state index is 0.122. The Morgan fingerprint density at radius 1 is 1.30 bits per heavy atom. The zero-order valence-electron chi connectivity index (χ0n) is 12.9. The summed E-state index contributed by atoms with van der Waals surface area (Å²) in [6.45, 7) is 3.31. The van der Waals surface area contributed by atoms with E-state index in [4.69, 9.17) is 10.5 Å². The molecule has 1 aromatic rings. The smallest absolute Gasteiger partial charge is 0.122 e. The van der Waals surface area contributed by atoms with Crippen molar-refractivity contribution in [3.05, 3.63) is 29.8 Å². The maximum Gasteiger partial charge on any atom is 0.122 e. The average Bonchev–Trinajstić information content (AvgIpc) is 2.61. The van der Waals surface area contributed by atoms with Gasteiger partial charge in [-0.15, -0.1) is 0 Å². The van der Waals surface area contributed by atoms with Crippen LogP contribution in [0, 0.1) is 0 Å². The molecule has 112 valence electrons. The van der Waals surface area contributed by atoms with E-state index in [2.05, 4.69) is 30.0 Å². The first-order valence-corrected chi connectivity index (χ1v) is 7.38. The van der Waals surface area contributed by atoms with Gasteiger partial charge in [0.05, 0.1) is 7.11 Å². The number of benzene rings is 1. The van der Waals surface area contributed by atoms with Crippen molar-refractivity contribution >= 4 is 0 Å². The molecule has 2 atom stereocenters. The van der Waals surface area contributed by atoms with Gasteiger partial charge in [0.1, 0.15) is 5.75 Å². The number of methoxy groups -OCH3 is 1. The minimum Gasteiger partial charge on any atom is -0.496 e. The molecule has 1 saturated heterocycles. The van der Waals surface area contributed by atoms with E-state index in [1.165, 1.54) is 12.0 Å². The predicted octanol–water partition coefficient (Wildman–Crippen LogP) is 1.20. The van der Waals surface area contributed by atoms with Crippen molar-refractivity contribution < 1.29 is 4.74 Å². The Morgan fingerprint density at radius 2 is 2.05 bits per heavy atom. The molecule has 0 spiro atoms. The van der Waals surface area contributed by atoms with E-state index < -0.39 is 0 Å². The van der Waals surface area contributed by atoms with Crippen molar-refractivity contribution in [2.45, 2.75) is 24.9 Å². The molecule has 2 unspecified atom stereocenters. The van der Waals surface area contributed by atoms with Crippen LogP contribution >= 0.6 is 0 Å². The van der Waals surface area contributed by atoms with Gasteiger partial charge >= 0.3 is 0 Å². The summed E-state index contributed by atoms with van der Waals surface area (Å²) < 4.78 is 5.43. The van der Waals surface area contributed by atoms with Gasteiger partial charge < -0.3 is 20.3 Å². The number of hydrogen-bond donors (Lipinski definition) is 1. The number of hydrogen-bond acceptors (Lipinski definition) is 4. The second kappa shape index (κ2) is 7.07. The Bertz CT molecular complexity index is 424. The van der Waals surface area contributed by atoms with Crippen LogP contribution in [0.3, 0.4) is 0 Å². The van der Waals surface area contributed by atoms with Gasteiger partial charge in [-0.1, -0.05) is 18.2 Å². The molecule has 1 aliphatic heterocycles. The molecule has 1 heterocycles. The van der Waals surface area contributed by atoms with Crippen LogP contribution in [0.2, 0.25) is 0 Å². The molecule has 0 aromatic heterocycles. The molecular weight excluding hydrogens is 250 g/mol. The van der Waals surface area contributed by atoms with E-state index in [0.717, 1.165) is 31.8 Å². The molecule has 2 rings (SSSR count). The van der Waals surface area contributed by atoms with E-state index in [-0.39, 0.29) is 6.04 Å². The highest BCUT2D eigenvalue weighted by Crippen LogP contribution is 2.21. The standard InChI is InChI=1S/C16H27N3O/c1-18-9-6-10-19(2)15(12-18)14(17)11-13-7-4-5-8-16(13)20-3/h4-5,7-8,14-15H,6,9-12,17H2,1-3H3. The summed E-state index contributed by atoms with van der Waals surface area (Å²) in [6.07, 6.45) is 2.07. The lowest BCUT2D eigenvalue weighted by molar-refractivity contribution is 0.194. The Morgan fingerprint density at radius 3 is 2.80 bits per heavy atom. The van der Waals surface area contributed by atoms with Crippen LogP contribution in [-0.2, 0) is 6.42 Å². The molecule has 0 radical (unpaired) electrons. The van der Waals surface area contributed by atoms with Crippen molar-refractivity contribution in [3.8, 4) is 5.75 Å². The van der Waals surface area contributed by atoms with Crippen LogP contribution in [0.4, 0.5) is 0 Å². The monoisotopic (exact) mass is 277 g/mol. The van der Waals surface area contributed by atoms with Crippen LogP contribution in [-0.4, -0.2) is 62.7 Å². The molecule has 1 fully saturated rings. The largest absolute Gasteiger partial charge is 0.496 e. The van der Waals surface area contributed by atoms with Gasteiger partial charge in [0.15, 0.2) is 0 Å². The van der Waals surface area contributed by atoms with E-state index >= 15 is 0 Å². The lowest BCUT2D eigenvalue weighted by Gasteiger charge is -2.32. The van der Waals surface area contributed by atoms with Gasteiger partial charge in [0, 0.05) is 18.6 Å². The SMILES string of the molecule is COc1ccccc1CC(N)C1CN(C)CCCN1C. The van der Waals surface area contributed by atoms with E-state index in [9.17, 15) is 0 Å². The Balaban J connectivity index is 2.07. The van der Waals surface area contributed by atoms with Crippen molar-refractivity contribution in [1.29, 1.82) is 0 Å². The van der Waals surface area contributed by atoms with Crippen LogP contribution in [0.1, 0.15) is 12.0 Å². The second-order valence-electron chi connectivity index (χ2n) is 5.84. The second-order valence-corrected chi connectivity index (χ2v) is 5.84. The minimum atomic E-state index is 0.122. The molecule has 1 aromatic carbocycles. The summed E-state index contributed by atoms with van der Waals surface area (Å²) in [5.74, 6) is 0.938. The van der Waals surface area contributed by atoms with Gasteiger partial charge in [-0.05, 0) is 51.7 Å². The third-order valence-electron chi connectivity index (χ3n) is 4.26. The summed E-state index contributed by atoms with van der Waals surface area (Å²) in [5.41, 5.74) is 7.70. The number of rotatable bonds is 4. The van der Waals surface area contributed by atoms with Crippen LogP contribution in [0.5, 0.6) is 5.75 Å². The highest BCUT2D eigenvalue weighted by atomic mass is 16.5. The van der Waals surface area contributed by atoms with Gasteiger partial charge in [-0.3, -0.25) is 0 Å². The topological polar surface area (TPSA) is 41.7 Å². The van der Waals surface area contributed by atoms with Crippen LogP contribution < -0.4 is 10.5 Å². The summed E-state index contributed by atoms with van der Waals surface area (Å²) in [6, 6.07) is 8.68. The van der Waals surface area contributed by atoms with E-state index in [1.54, 1.807) is 7.11 Å². The summed E-state index contributed by atoms with van der Waals surface area (Å²) in [4.78, 5) is 4.79. The van der Waals surface area contributed by atoms with Gasteiger partial charge in [-0.2, -0.15) is 0 Å². The van der Waals surface area contributed by atoms with Gasteiger partial charge in [0.25, 0.3) is 0 Å². The highest BCUT2D eigenvalue weighted by Gasteiger charge is 2.26. The zero-order valence-corrected chi connectivity index (χ0v) is 12.9. The predicted molar refractivity (Wildman–Crippen MR) is 83.2 cm³/mol. The molecule has 0 aliphatic carbocycles. The third-order valence-corrected chi connectivity index (χ3v) is 4.26. The van der Waals surface area contributed by atoms with E-state index in [1.807, 2.05) is 18.2 Å². The van der Waals surface area contributed by atoms with Gasteiger partial charge in [-0.25, -0.2) is 0 Å². The average molecular weight is 277 g/mol. The molecule has 1 aliphatic rings. The molecule has 4 heteroatoms. The van der Waals surface area contributed by atoms with Gasteiger partial charge in [0.2, 0.25) is 0 Å². The van der Waals surface area contributed by atoms with Crippen molar-refractivity contribution in [1.82, 2.24) is 9.80 Å². The van der Waals surface area contributed by atoms with Crippen molar-refractivity contribution in [2.24, 2.45) is 5.73 Å². The Labute approximate surface area is 122 Å². The molecule has 4 nitrogen and oxygen atoms in total.